The van der Waals surface area contributed by atoms with Gasteiger partial charge in [0.05, 0.1) is 12.1 Å². The van der Waals surface area contributed by atoms with E-state index < -0.39 is 0 Å². The summed E-state index contributed by atoms with van der Waals surface area (Å²) in [6, 6.07) is 0. The van der Waals surface area contributed by atoms with Crippen LogP contribution in [0.5, 0.6) is 0 Å². The number of ether oxygens (including phenoxy) is 1. The van der Waals surface area contributed by atoms with E-state index in [0.717, 1.165) is 90.5 Å². The molecule has 2 aliphatic heterocycles. The molecule has 1 amide bonds. The van der Waals surface area contributed by atoms with Gasteiger partial charge in [-0.1, -0.05) is 26.2 Å². The van der Waals surface area contributed by atoms with Gasteiger partial charge >= 0.3 is 0 Å². The fourth-order valence-electron chi connectivity index (χ4n) is 4.83. The van der Waals surface area contributed by atoms with E-state index in [9.17, 15) is 4.79 Å². The lowest BCUT2D eigenvalue weighted by Gasteiger charge is -2.40. The highest BCUT2D eigenvalue weighted by Crippen LogP contribution is 2.31. The van der Waals surface area contributed by atoms with Crippen LogP contribution in [0.2, 0.25) is 0 Å². The zero-order valence-electron chi connectivity index (χ0n) is 18.6. The standard InChI is InChI=1S/C22H41N5O2/c1-3-17-29-22(9-5-4-6-10-22)19-24-21(23-2)27-15-13-25(14-16-27)18-20(28)26-11-7-8-12-26/h3-19H2,1-2H3,(H,23,24). The third-order valence-corrected chi connectivity index (χ3v) is 6.65. The fraction of sp³-hybridized carbons (Fsp3) is 0.909. The molecule has 0 atom stereocenters. The number of amides is 1. The van der Waals surface area contributed by atoms with Crippen molar-refractivity contribution in [3.05, 3.63) is 0 Å². The number of likely N-dealkylation sites (tertiary alicyclic amines) is 1. The summed E-state index contributed by atoms with van der Waals surface area (Å²) in [7, 11) is 1.87. The van der Waals surface area contributed by atoms with Crippen LogP contribution in [0, 0.1) is 0 Å². The molecule has 1 N–H and O–H groups in total. The first kappa shape index (κ1) is 22.3. The van der Waals surface area contributed by atoms with Crippen molar-refractivity contribution in [3.63, 3.8) is 0 Å². The highest BCUT2D eigenvalue weighted by atomic mass is 16.5. The number of aliphatic imine (C=N–C) groups is 1. The van der Waals surface area contributed by atoms with E-state index in [4.69, 9.17) is 4.74 Å². The number of hydrogen-bond acceptors (Lipinski definition) is 4. The molecule has 3 aliphatic rings. The van der Waals surface area contributed by atoms with Gasteiger partial charge in [-0.05, 0) is 32.1 Å². The summed E-state index contributed by atoms with van der Waals surface area (Å²) in [5, 5.41) is 3.62. The van der Waals surface area contributed by atoms with Crippen LogP contribution in [0.3, 0.4) is 0 Å². The Morgan fingerprint density at radius 3 is 2.28 bits per heavy atom. The second-order valence-electron chi connectivity index (χ2n) is 8.84. The molecule has 7 nitrogen and oxygen atoms in total. The summed E-state index contributed by atoms with van der Waals surface area (Å²) in [6.45, 7) is 9.96. The van der Waals surface area contributed by atoms with Crippen molar-refractivity contribution >= 4 is 11.9 Å². The first-order valence-corrected chi connectivity index (χ1v) is 11.8. The number of nitrogens with one attached hydrogen (secondary N) is 1. The number of hydrogen-bond donors (Lipinski definition) is 1. The smallest absolute Gasteiger partial charge is 0.236 e. The van der Waals surface area contributed by atoms with Gasteiger partial charge in [0.1, 0.15) is 0 Å². The van der Waals surface area contributed by atoms with Gasteiger partial charge in [0.15, 0.2) is 5.96 Å². The second-order valence-corrected chi connectivity index (χ2v) is 8.84. The lowest BCUT2D eigenvalue weighted by molar-refractivity contribution is -0.131. The van der Waals surface area contributed by atoms with Gasteiger partial charge in [-0.2, -0.15) is 0 Å². The predicted octanol–water partition coefficient (Wildman–Crippen LogP) is 1.93. The van der Waals surface area contributed by atoms with Crippen molar-refractivity contribution in [1.29, 1.82) is 0 Å². The molecular weight excluding hydrogens is 366 g/mol. The first-order valence-electron chi connectivity index (χ1n) is 11.8. The fourth-order valence-corrected chi connectivity index (χ4v) is 4.83. The molecule has 29 heavy (non-hydrogen) atoms. The maximum Gasteiger partial charge on any atom is 0.236 e. The molecule has 2 heterocycles. The maximum atomic E-state index is 12.4. The Morgan fingerprint density at radius 2 is 1.66 bits per heavy atom. The summed E-state index contributed by atoms with van der Waals surface area (Å²) in [6.07, 6.45) is 9.50. The number of nitrogens with zero attached hydrogens (tertiary/aromatic N) is 4. The Labute approximate surface area is 176 Å². The summed E-state index contributed by atoms with van der Waals surface area (Å²) in [5.74, 6) is 1.27. The van der Waals surface area contributed by atoms with Crippen LogP contribution in [0.4, 0.5) is 0 Å². The minimum Gasteiger partial charge on any atom is -0.373 e. The predicted molar refractivity (Wildman–Crippen MR) is 117 cm³/mol. The van der Waals surface area contributed by atoms with E-state index in [1.54, 1.807) is 0 Å². The average Bonchev–Trinajstić information content (AvgIpc) is 3.30. The van der Waals surface area contributed by atoms with Crippen molar-refractivity contribution in [2.24, 2.45) is 4.99 Å². The van der Waals surface area contributed by atoms with Crippen molar-refractivity contribution in [2.75, 3.05) is 66.0 Å². The number of piperazine rings is 1. The van der Waals surface area contributed by atoms with Crippen LogP contribution < -0.4 is 5.32 Å². The molecule has 0 aromatic rings. The largest absolute Gasteiger partial charge is 0.373 e. The van der Waals surface area contributed by atoms with E-state index in [0.29, 0.717) is 12.5 Å². The lowest BCUT2D eigenvalue weighted by Crippen LogP contribution is -2.56. The normalized spacial score (nSPS) is 23.4. The zero-order chi connectivity index (χ0) is 20.5. The SMILES string of the molecule is CCCOC1(CNC(=NC)N2CCN(CC(=O)N3CCCC3)CC2)CCCCC1. The van der Waals surface area contributed by atoms with Crippen LogP contribution >= 0.6 is 0 Å². The van der Waals surface area contributed by atoms with Crippen molar-refractivity contribution in [3.8, 4) is 0 Å². The molecule has 0 aromatic heterocycles. The molecule has 3 fully saturated rings. The van der Waals surface area contributed by atoms with Gasteiger partial charge in [0.2, 0.25) is 5.91 Å². The quantitative estimate of drug-likeness (QED) is 0.516. The summed E-state index contributed by atoms with van der Waals surface area (Å²) in [5.41, 5.74) is -0.0336. The van der Waals surface area contributed by atoms with E-state index >= 15 is 0 Å². The van der Waals surface area contributed by atoms with Crippen molar-refractivity contribution in [2.45, 2.75) is 63.9 Å². The van der Waals surface area contributed by atoms with Crippen LogP contribution in [0.1, 0.15) is 58.3 Å². The van der Waals surface area contributed by atoms with Gasteiger partial charge in [-0.3, -0.25) is 14.7 Å². The molecule has 2 saturated heterocycles. The Balaban J connectivity index is 1.45. The van der Waals surface area contributed by atoms with Crippen molar-refractivity contribution < 1.29 is 9.53 Å². The topological polar surface area (TPSA) is 60.4 Å². The number of rotatable bonds is 7. The molecular formula is C22H41N5O2. The summed E-state index contributed by atoms with van der Waals surface area (Å²) in [4.78, 5) is 23.6. The summed E-state index contributed by atoms with van der Waals surface area (Å²) >= 11 is 0. The highest BCUT2D eigenvalue weighted by molar-refractivity contribution is 5.80. The molecule has 1 aliphatic carbocycles. The van der Waals surface area contributed by atoms with Crippen molar-refractivity contribution in [1.82, 2.24) is 20.0 Å². The Hall–Kier alpha value is -1.34. The van der Waals surface area contributed by atoms with E-state index in [1.165, 1.54) is 19.3 Å². The molecule has 0 bridgehead atoms. The number of guanidine groups is 1. The minimum atomic E-state index is -0.0336. The van der Waals surface area contributed by atoms with Crippen LogP contribution in [0.15, 0.2) is 4.99 Å². The Kier molecular flexibility index (Phi) is 8.60. The monoisotopic (exact) mass is 407 g/mol. The zero-order valence-corrected chi connectivity index (χ0v) is 18.6. The molecule has 0 unspecified atom stereocenters. The Bertz CT molecular complexity index is 533. The van der Waals surface area contributed by atoms with Crippen LogP contribution in [-0.2, 0) is 9.53 Å². The summed E-state index contributed by atoms with van der Waals surface area (Å²) < 4.78 is 6.33. The Morgan fingerprint density at radius 1 is 0.966 bits per heavy atom. The maximum absolute atomic E-state index is 12.4. The second kappa shape index (κ2) is 11.2. The highest BCUT2D eigenvalue weighted by Gasteiger charge is 2.33. The molecule has 166 valence electrons. The van der Waals surface area contributed by atoms with Gasteiger partial charge < -0.3 is 19.9 Å². The molecule has 1 saturated carbocycles. The molecule has 0 radical (unpaired) electrons. The third-order valence-electron chi connectivity index (χ3n) is 6.65. The van der Waals surface area contributed by atoms with Gasteiger partial charge in [-0.25, -0.2) is 0 Å². The van der Waals surface area contributed by atoms with Crippen LogP contribution in [0.25, 0.3) is 0 Å². The van der Waals surface area contributed by atoms with Crippen LogP contribution in [-0.4, -0.2) is 98.2 Å². The molecule has 7 heteroatoms. The average molecular weight is 408 g/mol. The van der Waals surface area contributed by atoms with E-state index in [-0.39, 0.29) is 5.60 Å². The van der Waals surface area contributed by atoms with Gasteiger partial charge in [0, 0.05) is 59.5 Å². The molecule has 0 spiro atoms. The third kappa shape index (κ3) is 6.32. The number of carbonyl (C=O) groups is 1. The minimum absolute atomic E-state index is 0.0336. The van der Waals surface area contributed by atoms with E-state index in [1.807, 2.05) is 11.9 Å². The number of carbonyl (C=O) groups excluding carboxylic acids is 1. The lowest BCUT2D eigenvalue weighted by atomic mass is 9.84. The molecule has 0 aromatic carbocycles. The van der Waals surface area contributed by atoms with Gasteiger partial charge in [0.25, 0.3) is 0 Å². The molecule has 3 rings (SSSR count). The first-order chi connectivity index (χ1) is 14.2. The van der Waals surface area contributed by atoms with Gasteiger partial charge in [-0.15, -0.1) is 0 Å². The van der Waals surface area contributed by atoms with E-state index in [2.05, 4.69) is 27.0 Å².